The number of hydrogen-bond acceptors (Lipinski definition) is 7. The summed E-state index contributed by atoms with van der Waals surface area (Å²) in [4.78, 5) is 2.04. The first-order chi connectivity index (χ1) is 18.4. The van der Waals surface area contributed by atoms with Gasteiger partial charge in [0.25, 0.3) is 5.92 Å². The van der Waals surface area contributed by atoms with Crippen LogP contribution in [0.2, 0.25) is 0 Å². The molecule has 3 aliphatic carbocycles. The minimum Gasteiger partial charge on any atom is -0.491 e. The number of rotatable bonds is 9. The molecule has 1 saturated heterocycles. The van der Waals surface area contributed by atoms with Gasteiger partial charge in [-0.2, -0.15) is 0 Å². The molecule has 2 heterocycles. The summed E-state index contributed by atoms with van der Waals surface area (Å²) < 4.78 is 67.7. The van der Waals surface area contributed by atoms with Gasteiger partial charge in [0.15, 0.2) is 5.60 Å². The molecule has 208 valence electrons. The Bertz CT molecular complexity index is 1350. The zero-order valence-electron chi connectivity index (χ0n) is 21.3. The van der Waals surface area contributed by atoms with Crippen molar-refractivity contribution < 1.29 is 32.5 Å². The molecule has 3 saturated carbocycles. The minimum absolute atomic E-state index is 0.0972. The highest BCUT2D eigenvalue weighted by atomic mass is 19.3. The number of β-amino-alcohol motifs (C(OH)–C–C–N with tert-alkyl or cyclic N) is 1. The molecule has 2 bridgehead atoms. The van der Waals surface area contributed by atoms with Crippen LogP contribution in [-0.4, -0.2) is 73.6 Å². The maximum atomic E-state index is 16.3. The van der Waals surface area contributed by atoms with Gasteiger partial charge in [-0.25, -0.2) is 22.2 Å². The molecule has 3 aromatic rings. The largest absolute Gasteiger partial charge is 0.491 e. The number of likely N-dealkylation sites (N-methyl/N-ethyl adjacent to an activating group) is 1. The summed E-state index contributed by atoms with van der Waals surface area (Å²) in [6.07, 6.45) is 1.97. The molecule has 4 aliphatic rings. The number of ether oxygens (including phenoxy) is 1. The van der Waals surface area contributed by atoms with Gasteiger partial charge in [0.05, 0.1) is 6.54 Å². The van der Waals surface area contributed by atoms with E-state index in [1.165, 1.54) is 0 Å². The standard InChI is InChI=1S/C27H29F4N5O3/c1-35-9-8-25(37,14-35)16-39-20-5-2-18(3-6-20)23-11-24(12-23,13-23)27(30,31)26(38,15-36-17-32-33-34-36)21-7-4-19(28)10-22(21)29/h2-7,10,17,37-38H,8-9,11-16H2,1H3/t23?,24?,25?,26-/m1/s1. The summed E-state index contributed by atoms with van der Waals surface area (Å²) in [5.41, 5.74) is -5.79. The molecule has 2 aromatic carbocycles. The van der Waals surface area contributed by atoms with E-state index in [9.17, 15) is 19.0 Å². The third-order valence-corrected chi connectivity index (χ3v) is 8.87. The van der Waals surface area contributed by atoms with E-state index >= 15 is 8.78 Å². The van der Waals surface area contributed by atoms with Crippen LogP contribution in [0.15, 0.2) is 48.8 Å². The number of benzene rings is 2. The molecule has 8 nitrogen and oxygen atoms in total. The van der Waals surface area contributed by atoms with E-state index in [1.807, 2.05) is 24.1 Å². The molecular weight excluding hydrogens is 518 g/mol. The molecule has 4 fully saturated rings. The summed E-state index contributed by atoms with van der Waals surface area (Å²) in [7, 11) is 1.94. The average Bonchev–Trinajstić information content (AvgIpc) is 3.45. The third-order valence-electron chi connectivity index (χ3n) is 8.87. The first-order valence-corrected chi connectivity index (χ1v) is 12.8. The maximum Gasteiger partial charge on any atom is 0.287 e. The Labute approximate surface area is 222 Å². The second kappa shape index (κ2) is 8.70. The third kappa shape index (κ3) is 4.03. The van der Waals surface area contributed by atoms with Crippen LogP contribution in [0.4, 0.5) is 17.6 Å². The normalized spacial score (nSPS) is 29.9. The molecule has 1 unspecified atom stereocenters. The van der Waals surface area contributed by atoms with E-state index in [1.54, 1.807) is 12.1 Å². The number of hydrogen-bond donors (Lipinski definition) is 2. The molecule has 2 atom stereocenters. The lowest BCUT2D eigenvalue weighted by molar-refractivity contribution is -0.347. The van der Waals surface area contributed by atoms with Crippen LogP contribution in [-0.2, 0) is 17.6 Å². The summed E-state index contributed by atoms with van der Waals surface area (Å²) in [6, 6.07) is 9.39. The number of halogens is 4. The Balaban J connectivity index is 1.19. The van der Waals surface area contributed by atoms with Crippen molar-refractivity contribution in [1.82, 2.24) is 25.1 Å². The fraction of sp³-hybridized carbons (Fsp3) is 0.519. The molecule has 2 N–H and O–H groups in total. The quantitative estimate of drug-likeness (QED) is 0.398. The molecular formula is C27H29F4N5O3. The number of aromatic nitrogens is 4. The molecule has 0 amide bonds. The van der Waals surface area contributed by atoms with Gasteiger partial charge < -0.3 is 19.8 Å². The lowest BCUT2D eigenvalue weighted by Crippen LogP contribution is -2.76. The van der Waals surface area contributed by atoms with Gasteiger partial charge in [0, 0.05) is 30.1 Å². The second-order valence-corrected chi connectivity index (χ2v) is 11.7. The van der Waals surface area contributed by atoms with Crippen LogP contribution < -0.4 is 4.74 Å². The summed E-state index contributed by atoms with van der Waals surface area (Å²) in [5, 5.41) is 32.5. The van der Waals surface area contributed by atoms with E-state index in [0.29, 0.717) is 24.8 Å². The van der Waals surface area contributed by atoms with Crippen molar-refractivity contribution in [2.75, 3.05) is 26.7 Å². The molecule has 12 heteroatoms. The highest BCUT2D eigenvalue weighted by molar-refractivity contribution is 5.44. The maximum absolute atomic E-state index is 16.3. The van der Waals surface area contributed by atoms with Gasteiger partial charge in [0.1, 0.15) is 35.9 Å². The van der Waals surface area contributed by atoms with Crippen molar-refractivity contribution in [2.24, 2.45) is 5.41 Å². The monoisotopic (exact) mass is 547 g/mol. The SMILES string of the molecule is CN1CCC(O)(COc2ccc(C34CC(C(F)(F)[C@@](O)(Cn5cnnn5)c5ccc(F)cc5F)(C3)C4)cc2)C1. The van der Waals surface area contributed by atoms with Crippen molar-refractivity contribution in [3.05, 3.63) is 71.6 Å². The summed E-state index contributed by atoms with van der Waals surface area (Å²) in [6.45, 7) is 0.688. The van der Waals surface area contributed by atoms with Crippen LogP contribution in [0.3, 0.4) is 0 Å². The van der Waals surface area contributed by atoms with E-state index < -0.39 is 51.7 Å². The van der Waals surface area contributed by atoms with Gasteiger partial charge in [-0.15, -0.1) is 5.10 Å². The van der Waals surface area contributed by atoms with Crippen LogP contribution >= 0.6 is 0 Å². The number of likely N-dealkylation sites (tertiary alicyclic amines) is 1. The number of alkyl halides is 2. The number of tetrazole rings is 1. The van der Waals surface area contributed by atoms with Gasteiger partial charge in [-0.3, -0.25) is 0 Å². The molecule has 0 spiro atoms. The zero-order valence-corrected chi connectivity index (χ0v) is 21.3. The molecule has 0 radical (unpaired) electrons. The fourth-order valence-corrected chi connectivity index (χ4v) is 6.83. The van der Waals surface area contributed by atoms with Crippen molar-refractivity contribution >= 4 is 0 Å². The Kier molecular flexibility index (Phi) is 5.84. The van der Waals surface area contributed by atoms with Gasteiger partial charge >= 0.3 is 0 Å². The highest BCUT2D eigenvalue weighted by Gasteiger charge is 2.82. The average molecular weight is 548 g/mol. The number of aliphatic hydroxyl groups is 2. The van der Waals surface area contributed by atoms with Crippen molar-refractivity contribution in [3.8, 4) is 5.75 Å². The van der Waals surface area contributed by atoms with Crippen LogP contribution in [0, 0.1) is 17.0 Å². The molecule has 7 rings (SSSR count). The molecule has 1 aromatic heterocycles. The lowest BCUT2D eigenvalue weighted by Gasteiger charge is -2.74. The lowest BCUT2D eigenvalue weighted by atomic mass is 9.30. The number of nitrogens with zero attached hydrogens (tertiary/aromatic N) is 5. The van der Waals surface area contributed by atoms with Gasteiger partial charge in [-0.05, 0) is 78.4 Å². The zero-order chi connectivity index (χ0) is 27.7. The van der Waals surface area contributed by atoms with Crippen molar-refractivity contribution in [1.29, 1.82) is 0 Å². The van der Waals surface area contributed by atoms with Crippen LogP contribution in [0.5, 0.6) is 5.75 Å². The first-order valence-electron chi connectivity index (χ1n) is 12.8. The predicted molar refractivity (Wildman–Crippen MR) is 130 cm³/mol. The van der Waals surface area contributed by atoms with Crippen molar-refractivity contribution in [2.45, 2.75) is 54.8 Å². The molecule has 39 heavy (non-hydrogen) atoms. The van der Waals surface area contributed by atoms with Gasteiger partial charge in [-0.1, -0.05) is 12.1 Å². The van der Waals surface area contributed by atoms with Crippen LogP contribution in [0.25, 0.3) is 0 Å². The van der Waals surface area contributed by atoms with E-state index in [2.05, 4.69) is 15.5 Å². The molecule has 1 aliphatic heterocycles. The van der Waals surface area contributed by atoms with Crippen LogP contribution in [0.1, 0.15) is 36.8 Å². The minimum atomic E-state index is -3.78. The predicted octanol–water partition coefficient (Wildman–Crippen LogP) is 3.04. The Morgan fingerprint density at radius 1 is 1.08 bits per heavy atom. The smallest absolute Gasteiger partial charge is 0.287 e. The van der Waals surface area contributed by atoms with E-state index in [4.69, 9.17) is 4.74 Å². The highest BCUT2D eigenvalue weighted by Crippen LogP contribution is 2.80. The first kappa shape index (κ1) is 26.1. The van der Waals surface area contributed by atoms with Gasteiger partial charge in [0.2, 0.25) is 0 Å². The fourth-order valence-electron chi connectivity index (χ4n) is 6.83. The summed E-state index contributed by atoms with van der Waals surface area (Å²) in [5.74, 6) is -5.41. The van der Waals surface area contributed by atoms with E-state index in [0.717, 1.165) is 35.3 Å². The summed E-state index contributed by atoms with van der Waals surface area (Å²) >= 11 is 0. The van der Waals surface area contributed by atoms with Crippen molar-refractivity contribution in [3.63, 3.8) is 0 Å². The topological polar surface area (TPSA) is 96.5 Å². The Morgan fingerprint density at radius 2 is 1.79 bits per heavy atom. The second-order valence-electron chi connectivity index (χ2n) is 11.7. The Morgan fingerprint density at radius 3 is 2.38 bits per heavy atom. The Hall–Kier alpha value is -3.09. The van der Waals surface area contributed by atoms with E-state index in [-0.39, 0.29) is 25.9 Å².